The van der Waals surface area contributed by atoms with Gasteiger partial charge in [-0.05, 0) is 18.2 Å². The van der Waals surface area contributed by atoms with Gasteiger partial charge in [0.15, 0.2) is 6.29 Å². The van der Waals surface area contributed by atoms with Crippen molar-refractivity contribution in [2.24, 2.45) is 0 Å². The lowest BCUT2D eigenvalue weighted by atomic mass is 10.1. The molecule has 2 aromatic rings. The summed E-state index contributed by atoms with van der Waals surface area (Å²) in [6.07, 6.45) is 2.35. The summed E-state index contributed by atoms with van der Waals surface area (Å²) >= 11 is 0. The molecule has 0 spiro atoms. The number of aldehydes is 1. The summed E-state index contributed by atoms with van der Waals surface area (Å²) < 4.78 is 19.8. The van der Waals surface area contributed by atoms with Crippen LogP contribution in [0.1, 0.15) is 28.9 Å². The third-order valence-electron chi connectivity index (χ3n) is 2.86. The number of carbonyl (C=O) groups excluding carboxylic acids is 1. The molecule has 4 nitrogen and oxygen atoms in total. The summed E-state index contributed by atoms with van der Waals surface area (Å²) in [5, 5.41) is 4.35. The van der Waals surface area contributed by atoms with Gasteiger partial charge >= 0.3 is 0 Å². The molecule has 19 heavy (non-hydrogen) atoms. The molecule has 0 radical (unpaired) electrons. The zero-order chi connectivity index (χ0) is 13.8. The average molecular weight is 262 g/mol. The molecular weight excluding hydrogens is 247 g/mol. The van der Waals surface area contributed by atoms with Crippen LogP contribution in [0.3, 0.4) is 0 Å². The van der Waals surface area contributed by atoms with Crippen LogP contribution in [0.2, 0.25) is 0 Å². The van der Waals surface area contributed by atoms with Crippen molar-refractivity contribution in [1.82, 2.24) is 9.78 Å². The van der Waals surface area contributed by atoms with E-state index in [4.69, 9.17) is 4.74 Å². The fraction of sp³-hybridized carbons (Fsp3) is 0.286. The van der Waals surface area contributed by atoms with E-state index in [2.05, 4.69) is 5.10 Å². The summed E-state index contributed by atoms with van der Waals surface area (Å²) in [6.45, 7) is 2.40. The summed E-state index contributed by atoms with van der Waals surface area (Å²) in [5.41, 5.74) is 1.73. The van der Waals surface area contributed by atoms with Crippen LogP contribution in [0.25, 0.3) is 5.69 Å². The Labute approximate surface area is 110 Å². The number of benzene rings is 1. The minimum atomic E-state index is -0.341. The topological polar surface area (TPSA) is 44.1 Å². The molecule has 1 heterocycles. The highest BCUT2D eigenvalue weighted by atomic mass is 19.1. The molecule has 0 N–H and O–H groups in total. The highest BCUT2D eigenvalue weighted by Crippen LogP contribution is 2.19. The lowest BCUT2D eigenvalue weighted by Gasteiger charge is -2.07. The van der Waals surface area contributed by atoms with Gasteiger partial charge < -0.3 is 4.74 Å². The summed E-state index contributed by atoms with van der Waals surface area (Å²) in [6, 6.07) is 6.06. The Morgan fingerprint density at radius 2 is 2.32 bits per heavy atom. The van der Waals surface area contributed by atoms with Crippen molar-refractivity contribution in [2.75, 3.05) is 13.7 Å². The van der Waals surface area contributed by atoms with E-state index in [1.165, 1.54) is 16.8 Å². The maximum Gasteiger partial charge on any atom is 0.153 e. The van der Waals surface area contributed by atoms with Crippen LogP contribution >= 0.6 is 0 Å². The van der Waals surface area contributed by atoms with E-state index in [0.29, 0.717) is 23.6 Å². The zero-order valence-corrected chi connectivity index (χ0v) is 10.8. The first-order chi connectivity index (χ1) is 9.15. The van der Waals surface area contributed by atoms with Gasteiger partial charge in [0.25, 0.3) is 0 Å². The molecule has 1 aromatic carbocycles. The molecule has 0 aliphatic carbocycles. The predicted molar refractivity (Wildman–Crippen MR) is 69.2 cm³/mol. The van der Waals surface area contributed by atoms with Crippen molar-refractivity contribution in [3.05, 3.63) is 47.5 Å². The second-order valence-electron chi connectivity index (χ2n) is 4.37. The zero-order valence-electron chi connectivity index (χ0n) is 10.8. The van der Waals surface area contributed by atoms with Gasteiger partial charge in [0.2, 0.25) is 0 Å². The molecule has 0 bridgehead atoms. The van der Waals surface area contributed by atoms with Crippen molar-refractivity contribution in [2.45, 2.75) is 12.8 Å². The summed E-state index contributed by atoms with van der Waals surface area (Å²) in [4.78, 5) is 11.1. The van der Waals surface area contributed by atoms with Gasteiger partial charge in [-0.15, -0.1) is 0 Å². The fourth-order valence-corrected chi connectivity index (χ4v) is 1.95. The number of rotatable bonds is 5. The third-order valence-corrected chi connectivity index (χ3v) is 2.86. The minimum absolute atomic E-state index is 0.00000850. The van der Waals surface area contributed by atoms with Crippen molar-refractivity contribution in [3.63, 3.8) is 0 Å². The molecule has 0 aliphatic rings. The van der Waals surface area contributed by atoms with Gasteiger partial charge in [-0.3, -0.25) is 4.79 Å². The second-order valence-corrected chi connectivity index (χ2v) is 4.37. The van der Waals surface area contributed by atoms with Crippen molar-refractivity contribution in [3.8, 4) is 5.69 Å². The average Bonchev–Trinajstić information content (AvgIpc) is 2.83. The van der Waals surface area contributed by atoms with E-state index >= 15 is 0 Å². The first-order valence-corrected chi connectivity index (χ1v) is 5.95. The molecule has 100 valence electrons. The van der Waals surface area contributed by atoms with Crippen LogP contribution in [0.5, 0.6) is 0 Å². The number of hydrogen-bond acceptors (Lipinski definition) is 3. The molecule has 5 heteroatoms. The molecule has 0 saturated heterocycles. The highest BCUT2D eigenvalue weighted by Gasteiger charge is 2.16. The summed E-state index contributed by atoms with van der Waals surface area (Å²) in [7, 11) is 1.60. The molecule has 0 saturated carbocycles. The molecule has 0 fully saturated rings. The molecule has 1 aromatic heterocycles. The number of carbonyl (C=O) groups is 1. The van der Waals surface area contributed by atoms with Crippen molar-refractivity contribution < 1.29 is 13.9 Å². The van der Waals surface area contributed by atoms with Gasteiger partial charge in [-0.1, -0.05) is 13.0 Å². The van der Waals surface area contributed by atoms with Crippen LogP contribution < -0.4 is 0 Å². The standard InChI is InChI=1S/C14H15FN2O2/c1-10(9-19-2)14-11(8-18)7-17(16-14)13-5-3-4-12(15)6-13/h3-8,10H,9H2,1-2H3. The monoisotopic (exact) mass is 262 g/mol. The quantitative estimate of drug-likeness (QED) is 0.778. The number of ether oxygens (including phenoxy) is 1. The molecule has 1 unspecified atom stereocenters. The highest BCUT2D eigenvalue weighted by molar-refractivity contribution is 5.76. The van der Waals surface area contributed by atoms with E-state index < -0.39 is 0 Å². The van der Waals surface area contributed by atoms with Crippen LogP contribution in [-0.4, -0.2) is 29.8 Å². The number of aromatic nitrogens is 2. The molecule has 2 rings (SSSR count). The van der Waals surface area contributed by atoms with Gasteiger partial charge in [-0.2, -0.15) is 5.10 Å². The van der Waals surface area contributed by atoms with E-state index in [9.17, 15) is 9.18 Å². The SMILES string of the molecule is COCC(C)c1nn(-c2cccc(F)c2)cc1C=O. The Bertz CT molecular complexity index is 581. The Morgan fingerprint density at radius 1 is 1.53 bits per heavy atom. The van der Waals surface area contributed by atoms with Crippen LogP contribution in [0, 0.1) is 5.82 Å². The van der Waals surface area contributed by atoms with Crippen LogP contribution in [-0.2, 0) is 4.74 Å². The van der Waals surface area contributed by atoms with Gasteiger partial charge in [0.1, 0.15) is 5.82 Å². The van der Waals surface area contributed by atoms with Crippen LogP contribution in [0.4, 0.5) is 4.39 Å². The predicted octanol–water partition coefficient (Wildman–Crippen LogP) is 2.57. The fourth-order valence-electron chi connectivity index (χ4n) is 1.95. The molecular formula is C14H15FN2O2. The van der Waals surface area contributed by atoms with Crippen LogP contribution in [0.15, 0.2) is 30.5 Å². The lowest BCUT2D eigenvalue weighted by Crippen LogP contribution is -2.05. The molecule has 0 aliphatic heterocycles. The second kappa shape index (κ2) is 5.75. The maximum absolute atomic E-state index is 13.2. The van der Waals surface area contributed by atoms with Gasteiger partial charge in [0, 0.05) is 19.2 Å². The Balaban J connectivity index is 2.41. The lowest BCUT2D eigenvalue weighted by molar-refractivity contribution is 0.112. The Kier molecular flexibility index (Phi) is 4.06. The number of hydrogen-bond donors (Lipinski definition) is 0. The molecule has 0 amide bonds. The van der Waals surface area contributed by atoms with E-state index in [1.54, 1.807) is 25.4 Å². The van der Waals surface area contributed by atoms with E-state index in [0.717, 1.165) is 6.29 Å². The maximum atomic E-state index is 13.2. The number of methoxy groups -OCH3 is 1. The first-order valence-electron chi connectivity index (χ1n) is 5.95. The Hall–Kier alpha value is -2.01. The smallest absolute Gasteiger partial charge is 0.153 e. The number of halogens is 1. The first kappa shape index (κ1) is 13.4. The molecule has 1 atom stereocenters. The normalized spacial score (nSPS) is 12.4. The van der Waals surface area contributed by atoms with E-state index in [1.807, 2.05) is 6.92 Å². The largest absolute Gasteiger partial charge is 0.384 e. The summed E-state index contributed by atoms with van der Waals surface area (Å²) in [5.74, 6) is -0.341. The Morgan fingerprint density at radius 3 is 2.95 bits per heavy atom. The van der Waals surface area contributed by atoms with Gasteiger partial charge in [-0.25, -0.2) is 9.07 Å². The van der Waals surface area contributed by atoms with Gasteiger partial charge in [0.05, 0.1) is 23.6 Å². The van der Waals surface area contributed by atoms with Crippen molar-refractivity contribution in [1.29, 1.82) is 0 Å². The third kappa shape index (κ3) is 2.88. The minimum Gasteiger partial charge on any atom is -0.384 e. The number of nitrogens with zero attached hydrogens (tertiary/aromatic N) is 2. The van der Waals surface area contributed by atoms with E-state index in [-0.39, 0.29) is 11.7 Å². The van der Waals surface area contributed by atoms with Crippen molar-refractivity contribution >= 4 is 6.29 Å².